The molecule has 0 spiro atoms. The minimum Gasteiger partial charge on any atom is -3.00 e. The molecule has 0 rings (SSSR count). The first kappa shape index (κ1) is 53.1. The van der Waals surface area contributed by atoms with Crippen LogP contribution in [0.2, 0.25) is 0 Å². The Morgan fingerprint density at radius 3 is 0.429 bits per heavy atom. The van der Waals surface area contributed by atoms with Crippen LogP contribution in [0.4, 0.5) is 0 Å². The molecule has 0 saturated carbocycles. The monoisotopic (exact) mass is 268 g/mol. The van der Waals surface area contributed by atoms with Crippen molar-refractivity contribution in [3.63, 3.8) is 0 Å². The molecule has 0 nitrogen and oxygen atoms in total. The molecule has 0 amide bonds. The molecule has 0 aromatic heterocycles. The minimum atomic E-state index is 0. The van der Waals surface area contributed by atoms with Crippen LogP contribution in [0.5, 0.6) is 0 Å². The van der Waals surface area contributed by atoms with E-state index in [2.05, 4.69) is 0 Å². The molecule has 0 aromatic carbocycles. The molecule has 0 unspecified atom stereocenters. The average molecular weight is 266 g/mol. The predicted octanol–water partition coefficient (Wildman–Crippen LogP) is -10.3. The summed E-state index contributed by atoms with van der Waals surface area (Å²) in [6, 6.07) is 0. The van der Waals surface area contributed by atoms with E-state index >= 15 is 0 Å². The van der Waals surface area contributed by atoms with E-state index in [0.29, 0.717) is 0 Å². The summed E-state index contributed by atoms with van der Waals surface area (Å²) in [5.41, 5.74) is 0. The Morgan fingerprint density at radius 1 is 0.429 bits per heavy atom. The fourth-order valence-corrected chi connectivity index (χ4v) is 0. The van der Waals surface area contributed by atoms with E-state index in [9.17, 15) is 0 Å². The van der Waals surface area contributed by atoms with Crippen LogP contribution in [0.3, 0.4) is 0 Å². The fraction of sp³-hybridized carbons (Fsp3) is 0. The maximum Gasteiger partial charge on any atom is 2.00 e. The van der Waals surface area contributed by atoms with Gasteiger partial charge < -0.3 is 19.8 Å². The van der Waals surface area contributed by atoms with Gasteiger partial charge >= 0.3 is 146 Å². The van der Waals surface area contributed by atoms with Crippen LogP contribution in [0.25, 0.3) is 0 Å². The van der Waals surface area contributed by atoms with E-state index in [1.807, 2.05) is 0 Å². The number of hydrogen-bond acceptors (Lipinski definition) is 0. The van der Waals surface area contributed by atoms with Crippen LogP contribution in [0.15, 0.2) is 0 Å². The summed E-state index contributed by atoms with van der Waals surface area (Å²) in [7, 11) is 0. The fourth-order valence-electron chi connectivity index (χ4n) is 0. The molecular weight excluding hydrogens is 266 g/mol. The van der Waals surface area contributed by atoms with E-state index in [4.69, 9.17) is 0 Å². The van der Waals surface area contributed by atoms with Gasteiger partial charge in [-0.05, 0) is 0 Å². The quantitative estimate of drug-likeness (QED) is 0.302. The summed E-state index contributed by atoms with van der Waals surface area (Å²) in [5.74, 6) is 0. The van der Waals surface area contributed by atoms with Crippen molar-refractivity contribution in [3.8, 4) is 0 Å². The van der Waals surface area contributed by atoms with Crippen LogP contribution in [0, 0.1) is 0 Å². The second kappa shape index (κ2) is 41.0. The number of rotatable bonds is 0. The Labute approximate surface area is 161 Å². The van der Waals surface area contributed by atoms with Crippen LogP contribution in [0.1, 0.15) is 0 Å². The third-order valence-corrected chi connectivity index (χ3v) is 0. The molecule has 0 aliphatic rings. The molecule has 0 aliphatic carbocycles. The van der Waals surface area contributed by atoms with Gasteiger partial charge in [0.05, 0.1) is 0 Å². The molecule has 0 aromatic rings. The van der Waals surface area contributed by atoms with E-state index in [-0.39, 0.29) is 165 Å². The Kier molecular flexibility index (Phi) is 311. The van der Waals surface area contributed by atoms with Crippen LogP contribution >= 0.6 is 19.8 Å². The van der Waals surface area contributed by atoms with Crippen molar-refractivity contribution in [2.45, 2.75) is 0 Å². The smallest absolute Gasteiger partial charge is 2.00 e. The largest absolute Gasteiger partial charge is 3.00 e. The molecule has 0 saturated heterocycles. The second-order valence-corrected chi connectivity index (χ2v) is 0. The molecule has 7 heteroatoms. The van der Waals surface area contributed by atoms with Gasteiger partial charge in [0.15, 0.2) is 0 Å². The van der Waals surface area contributed by atoms with Crippen molar-refractivity contribution in [1.82, 2.24) is 0 Å². The van der Waals surface area contributed by atoms with Gasteiger partial charge in [0, 0.05) is 0 Å². The molecule has 16 valence electrons. The summed E-state index contributed by atoms with van der Waals surface area (Å²) in [4.78, 5) is 0. The Hall–Kier alpha value is 5.78. The summed E-state index contributed by atoms with van der Waals surface area (Å²) in [6.45, 7) is 0. The van der Waals surface area contributed by atoms with Gasteiger partial charge in [-0.15, -0.1) is 0 Å². The Balaban J connectivity index is 0. The SMILES string of the molecule is [Cd+2].[Na+].[Na+].[Na+].[Na+].[P-3].[P-3]. The van der Waals surface area contributed by atoms with Gasteiger partial charge in [-0.3, -0.25) is 0 Å². The van der Waals surface area contributed by atoms with Crippen molar-refractivity contribution < 1.29 is 146 Å². The first-order valence-corrected chi connectivity index (χ1v) is 0. The van der Waals surface area contributed by atoms with Crippen LogP contribution < -0.4 is 118 Å². The molecule has 0 aliphatic heterocycles. The predicted molar refractivity (Wildman–Crippen MR) is 13.8 cm³/mol. The molecule has 0 atom stereocenters. The second-order valence-electron chi connectivity index (χ2n) is 0. The molecule has 7 heavy (non-hydrogen) atoms. The molecular formula is CdNa4P2. The van der Waals surface area contributed by atoms with Gasteiger partial charge in [0.1, 0.15) is 0 Å². The van der Waals surface area contributed by atoms with E-state index < -0.39 is 0 Å². The van der Waals surface area contributed by atoms with Gasteiger partial charge in [0.2, 0.25) is 0 Å². The first-order valence-electron chi connectivity index (χ1n) is 0. The average Bonchev–Trinajstić information content (AvgIpc) is 0. The Bertz CT molecular complexity index is 9.65. The summed E-state index contributed by atoms with van der Waals surface area (Å²) >= 11 is 0. The maximum absolute atomic E-state index is 0. The van der Waals surface area contributed by atoms with Crippen LogP contribution in [-0.2, 0) is 27.3 Å². The van der Waals surface area contributed by atoms with Crippen molar-refractivity contribution in [3.05, 3.63) is 0 Å². The number of hydrogen-bond donors (Lipinski definition) is 0. The molecule has 0 bridgehead atoms. The van der Waals surface area contributed by atoms with Crippen molar-refractivity contribution in [1.29, 1.82) is 0 Å². The topological polar surface area (TPSA) is 0 Å². The normalized spacial score (nSPS) is 0. The standard InChI is InChI=1S/Cd.4Na.2P/q+2;4*+1;2*-3. The van der Waals surface area contributed by atoms with E-state index in [0.717, 1.165) is 0 Å². The van der Waals surface area contributed by atoms with Gasteiger partial charge in [-0.25, -0.2) is 0 Å². The first-order chi connectivity index (χ1) is 0. The summed E-state index contributed by atoms with van der Waals surface area (Å²) in [5, 5.41) is 0. The zero-order valence-electron chi connectivity index (χ0n) is 5.60. The van der Waals surface area contributed by atoms with Crippen LogP contribution in [-0.4, -0.2) is 0 Å². The third kappa shape index (κ3) is 33.7. The molecule has 0 heterocycles. The zero-order valence-corrected chi connectivity index (χ0v) is 19.4. The molecule has 0 fully saturated rings. The van der Waals surface area contributed by atoms with Gasteiger partial charge in [0.25, 0.3) is 0 Å². The summed E-state index contributed by atoms with van der Waals surface area (Å²) < 4.78 is 0. The van der Waals surface area contributed by atoms with Gasteiger partial charge in [-0.1, -0.05) is 0 Å². The van der Waals surface area contributed by atoms with Crippen molar-refractivity contribution >= 4 is 19.8 Å². The third-order valence-electron chi connectivity index (χ3n) is 0. The maximum atomic E-state index is 0. The van der Waals surface area contributed by atoms with E-state index in [1.54, 1.807) is 0 Å². The zero-order chi connectivity index (χ0) is 0. The van der Waals surface area contributed by atoms with Gasteiger partial charge in [-0.2, -0.15) is 0 Å². The minimum absolute atomic E-state index is 0. The molecule has 0 N–H and O–H groups in total. The van der Waals surface area contributed by atoms with Crippen molar-refractivity contribution in [2.24, 2.45) is 0 Å². The van der Waals surface area contributed by atoms with E-state index in [1.165, 1.54) is 0 Å². The molecule has 0 radical (unpaired) electrons. The Morgan fingerprint density at radius 2 is 0.429 bits per heavy atom. The van der Waals surface area contributed by atoms with Crippen molar-refractivity contribution in [2.75, 3.05) is 0 Å². The summed E-state index contributed by atoms with van der Waals surface area (Å²) in [6.07, 6.45) is 0.